The van der Waals surface area contributed by atoms with Gasteiger partial charge in [0.25, 0.3) is 0 Å². The van der Waals surface area contributed by atoms with Crippen molar-refractivity contribution in [2.45, 2.75) is 31.7 Å². The first-order valence-corrected chi connectivity index (χ1v) is 9.88. The highest BCUT2D eigenvalue weighted by Gasteiger charge is 2.50. The molecular formula is C22H26N4O2. The van der Waals surface area contributed by atoms with Crippen LogP contribution < -0.4 is 10.2 Å². The molecule has 1 N–H and O–H groups in total. The molecule has 1 aliphatic heterocycles. The third kappa shape index (κ3) is 3.59. The highest BCUT2D eigenvalue weighted by atomic mass is 16.2. The molecule has 0 spiro atoms. The number of nitrogens with one attached hydrogen (secondary N) is 1. The minimum Gasteiger partial charge on any atom is -0.353 e. The Labute approximate surface area is 165 Å². The van der Waals surface area contributed by atoms with Gasteiger partial charge in [-0.25, -0.2) is 4.98 Å². The van der Waals surface area contributed by atoms with Crippen molar-refractivity contribution in [2.24, 2.45) is 0 Å². The summed E-state index contributed by atoms with van der Waals surface area (Å²) in [6, 6.07) is 14.0. The van der Waals surface area contributed by atoms with E-state index in [1.807, 2.05) is 47.4 Å². The van der Waals surface area contributed by atoms with Gasteiger partial charge in [-0.05, 0) is 24.5 Å². The molecule has 2 fully saturated rings. The molecule has 0 radical (unpaired) electrons. The number of amides is 2. The molecule has 1 saturated carbocycles. The molecule has 6 heteroatoms. The Hall–Kier alpha value is -2.89. The number of hydrogen-bond donors (Lipinski definition) is 1. The zero-order valence-electron chi connectivity index (χ0n) is 16.2. The maximum atomic E-state index is 12.9. The quantitative estimate of drug-likeness (QED) is 0.865. The van der Waals surface area contributed by atoms with Gasteiger partial charge in [-0.2, -0.15) is 0 Å². The lowest BCUT2D eigenvalue weighted by Crippen LogP contribution is -2.48. The standard InChI is InChI=1S/C22H26N4O2/c1-17(27)25-12-14-26(15-13-25)20-18(6-5-11-23-20)16-24-21(28)22(9-10-22)19-7-3-2-4-8-19/h2-8,11H,9-10,12-16H2,1H3,(H,24,28). The van der Waals surface area contributed by atoms with Crippen LogP contribution in [0.4, 0.5) is 5.82 Å². The van der Waals surface area contributed by atoms with Gasteiger partial charge in [-0.3, -0.25) is 9.59 Å². The normalized spacial score (nSPS) is 17.9. The number of carbonyl (C=O) groups is 2. The molecule has 0 unspecified atom stereocenters. The molecule has 1 saturated heterocycles. The Morgan fingerprint density at radius 1 is 1.04 bits per heavy atom. The Morgan fingerprint density at radius 3 is 2.39 bits per heavy atom. The number of piperazine rings is 1. The van der Waals surface area contributed by atoms with Crippen LogP contribution in [0.25, 0.3) is 0 Å². The summed E-state index contributed by atoms with van der Waals surface area (Å²) in [7, 11) is 0. The van der Waals surface area contributed by atoms with Crippen LogP contribution in [0.15, 0.2) is 48.7 Å². The number of benzene rings is 1. The van der Waals surface area contributed by atoms with Gasteiger partial charge >= 0.3 is 0 Å². The maximum Gasteiger partial charge on any atom is 0.230 e. The predicted octanol–water partition coefficient (Wildman–Crippen LogP) is 2.10. The van der Waals surface area contributed by atoms with E-state index in [0.717, 1.165) is 42.9 Å². The summed E-state index contributed by atoms with van der Waals surface area (Å²) in [6.07, 6.45) is 3.58. The number of carbonyl (C=O) groups excluding carboxylic acids is 2. The summed E-state index contributed by atoms with van der Waals surface area (Å²) >= 11 is 0. The number of pyridine rings is 1. The Balaban J connectivity index is 1.42. The van der Waals surface area contributed by atoms with Gasteiger partial charge in [-0.1, -0.05) is 36.4 Å². The number of hydrogen-bond acceptors (Lipinski definition) is 4. The molecule has 6 nitrogen and oxygen atoms in total. The van der Waals surface area contributed by atoms with E-state index in [1.165, 1.54) is 0 Å². The molecule has 2 aromatic rings. The Kier molecular flexibility index (Phi) is 5.03. The van der Waals surface area contributed by atoms with Crippen LogP contribution in [0.2, 0.25) is 0 Å². The van der Waals surface area contributed by atoms with E-state index in [-0.39, 0.29) is 17.2 Å². The van der Waals surface area contributed by atoms with Crippen LogP contribution in [0.1, 0.15) is 30.9 Å². The largest absolute Gasteiger partial charge is 0.353 e. The fourth-order valence-corrected chi connectivity index (χ4v) is 3.96. The van der Waals surface area contributed by atoms with Crippen LogP contribution in [0.5, 0.6) is 0 Å². The molecule has 1 aromatic heterocycles. The Morgan fingerprint density at radius 2 is 1.75 bits per heavy atom. The van der Waals surface area contributed by atoms with E-state index < -0.39 is 0 Å². The monoisotopic (exact) mass is 378 g/mol. The van der Waals surface area contributed by atoms with Crippen molar-refractivity contribution in [3.63, 3.8) is 0 Å². The van der Waals surface area contributed by atoms with Crippen LogP contribution in [-0.4, -0.2) is 47.9 Å². The van der Waals surface area contributed by atoms with Gasteiger partial charge in [0.2, 0.25) is 11.8 Å². The molecule has 0 atom stereocenters. The first-order valence-electron chi connectivity index (χ1n) is 9.88. The van der Waals surface area contributed by atoms with E-state index >= 15 is 0 Å². The van der Waals surface area contributed by atoms with Crippen molar-refractivity contribution in [3.8, 4) is 0 Å². The van der Waals surface area contributed by atoms with Crippen molar-refractivity contribution in [1.29, 1.82) is 0 Å². The summed E-state index contributed by atoms with van der Waals surface area (Å²) in [5, 5.41) is 3.14. The van der Waals surface area contributed by atoms with Crippen LogP contribution in [0.3, 0.4) is 0 Å². The summed E-state index contributed by atoms with van der Waals surface area (Å²) in [4.78, 5) is 33.1. The zero-order chi connectivity index (χ0) is 19.6. The first kappa shape index (κ1) is 18.5. The SMILES string of the molecule is CC(=O)N1CCN(c2ncccc2CNC(=O)C2(c3ccccc3)CC2)CC1. The van der Waals surface area contributed by atoms with E-state index in [9.17, 15) is 9.59 Å². The van der Waals surface area contributed by atoms with Gasteiger partial charge < -0.3 is 15.1 Å². The molecule has 1 aliphatic carbocycles. The van der Waals surface area contributed by atoms with Crippen LogP contribution in [-0.2, 0) is 21.5 Å². The van der Waals surface area contributed by atoms with Crippen molar-refractivity contribution >= 4 is 17.6 Å². The first-order chi connectivity index (χ1) is 13.6. The lowest BCUT2D eigenvalue weighted by Gasteiger charge is -2.35. The van der Waals surface area contributed by atoms with Crippen molar-refractivity contribution in [1.82, 2.24) is 15.2 Å². The zero-order valence-corrected chi connectivity index (χ0v) is 16.2. The van der Waals surface area contributed by atoms with Crippen LogP contribution >= 0.6 is 0 Å². The third-order valence-corrected chi connectivity index (χ3v) is 5.84. The summed E-state index contributed by atoms with van der Waals surface area (Å²) in [6.45, 7) is 4.99. The molecule has 2 amide bonds. The Bertz CT molecular complexity index is 856. The van der Waals surface area contributed by atoms with Crippen LogP contribution in [0, 0.1) is 0 Å². The fraction of sp³-hybridized carbons (Fsp3) is 0.409. The maximum absolute atomic E-state index is 12.9. The highest BCUT2D eigenvalue weighted by Crippen LogP contribution is 2.48. The molecule has 1 aromatic carbocycles. The second kappa shape index (κ2) is 7.62. The second-order valence-corrected chi connectivity index (χ2v) is 7.61. The number of aromatic nitrogens is 1. The van der Waals surface area contributed by atoms with Gasteiger partial charge in [0.1, 0.15) is 5.82 Å². The van der Waals surface area contributed by atoms with Crippen molar-refractivity contribution < 1.29 is 9.59 Å². The third-order valence-electron chi connectivity index (χ3n) is 5.84. The molecule has 2 heterocycles. The molecule has 4 rings (SSSR count). The lowest BCUT2D eigenvalue weighted by molar-refractivity contribution is -0.129. The number of nitrogens with zero attached hydrogens (tertiary/aromatic N) is 3. The lowest BCUT2D eigenvalue weighted by atomic mass is 9.95. The topological polar surface area (TPSA) is 65.5 Å². The van der Waals surface area contributed by atoms with E-state index in [0.29, 0.717) is 19.6 Å². The minimum absolute atomic E-state index is 0.0925. The summed E-state index contributed by atoms with van der Waals surface area (Å²) < 4.78 is 0. The summed E-state index contributed by atoms with van der Waals surface area (Å²) in [5.74, 6) is 1.11. The molecular weight excluding hydrogens is 352 g/mol. The van der Waals surface area contributed by atoms with Gasteiger partial charge in [0.15, 0.2) is 0 Å². The second-order valence-electron chi connectivity index (χ2n) is 7.61. The number of rotatable bonds is 5. The molecule has 0 bridgehead atoms. The van der Waals surface area contributed by atoms with Gasteiger partial charge in [0, 0.05) is 51.4 Å². The average molecular weight is 378 g/mol. The predicted molar refractivity (Wildman–Crippen MR) is 108 cm³/mol. The van der Waals surface area contributed by atoms with E-state index in [2.05, 4.69) is 15.2 Å². The fourth-order valence-electron chi connectivity index (χ4n) is 3.96. The molecule has 2 aliphatic rings. The van der Waals surface area contributed by atoms with E-state index in [4.69, 9.17) is 0 Å². The average Bonchev–Trinajstić information content (AvgIpc) is 3.55. The van der Waals surface area contributed by atoms with Gasteiger partial charge in [0.05, 0.1) is 5.41 Å². The highest BCUT2D eigenvalue weighted by molar-refractivity contribution is 5.91. The molecule has 28 heavy (non-hydrogen) atoms. The van der Waals surface area contributed by atoms with Crippen molar-refractivity contribution in [3.05, 3.63) is 59.8 Å². The molecule has 146 valence electrons. The van der Waals surface area contributed by atoms with Gasteiger partial charge in [-0.15, -0.1) is 0 Å². The van der Waals surface area contributed by atoms with E-state index in [1.54, 1.807) is 13.1 Å². The minimum atomic E-state index is -0.364. The van der Waals surface area contributed by atoms with Crippen molar-refractivity contribution in [2.75, 3.05) is 31.1 Å². The number of anilines is 1. The smallest absolute Gasteiger partial charge is 0.230 e. The summed E-state index contributed by atoms with van der Waals surface area (Å²) in [5.41, 5.74) is 1.74.